The van der Waals surface area contributed by atoms with E-state index < -0.39 is 0 Å². The van der Waals surface area contributed by atoms with Crippen molar-refractivity contribution in [2.75, 3.05) is 13.7 Å². The third-order valence-corrected chi connectivity index (χ3v) is 4.41. The number of rotatable bonds is 3. The topological polar surface area (TPSA) is 21.3 Å². The van der Waals surface area contributed by atoms with Crippen molar-refractivity contribution < 1.29 is 9.13 Å². The van der Waals surface area contributed by atoms with E-state index in [-0.39, 0.29) is 11.9 Å². The maximum absolute atomic E-state index is 13.9. The molecule has 1 aliphatic rings. The Labute approximate surface area is 106 Å². The van der Waals surface area contributed by atoms with Crippen molar-refractivity contribution >= 4 is 11.8 Å². The van der Waals surface area contributed by atoms with Crippen molar-refractivity contribution in [1.82, 2.24) is 5.32 Å². The lowest BCUT2D eigenvalue weighted by atomic mass is 9.97. The second kappa shape index (κ2) is 5.27. The van der Waals surface area contributed by atoms with E-state index in [2.05, 4.69) is 19.2 Å². The van der Waals surface area contributed by atoms with Crippen LogP contribution in [0.3, 0.4) is 0 Å². The minimum absolute atomic E-state index is 0.151. The molecule has 1 N–H and O–H groups in total. The van der Waals surface area contributed by atoms with Crippen LogP contribution in [0.5, 0.6) is 5.75 Å². The van der Waals surface area contributed by atoms with Crippen LogP contribution in [-0.4, -0.2) is 18.9 Å². The molecule has 2 unspecified atom stereocenters. The van der Waals surface area contributed by atoms with Gasteiger partial charge in [-0.1, -0.05) is 13.8 Å². The average molecular weight is 255 g/mol. The van der Waals surface area contributed by atoms with E-state index in [9.17, 15) is 4.39 Å². The fourth-order valence-electron chi connectivity index (χ4n) is 2.24. The Kier molecular flexibility index (Phi) is 3.94. The lowest BCUT2D eigenvalue weighted by molar-refractivity contribution is 0.407. The van der Waals surface area contributed by atoms with Gasteiger partial charge in [-0.15, -0.1) is 0 Å². The molecule has 0 fully saturated rings. The molecule has 1 heterocycles. The summed E-state index contributed by atoms with van der Waals surface area (Å²) in [6.45, 7) is 5.13. The number of hydrogen-bond acceptors (Lipinski definition) is 3. The molecule has 2 nitrogen and oxygen atoms in total. The summed E-state index contributed by atoms with van der Waals surface area (Å²) in [5.74, 6) is 1.19. The Morgan fingerprint density at radius 3 is 2.94 bits per heavy atom. The first-order valence-corrected chi connectivity index (χ1v) is 6.93. The van der Waals surface area contributed by atoms with Crippen LogP contribution in [0.4, 0.5) is 4.39 Å². The zero-order valence-corrected chi connectivity index (χ0v) is 11.2. The standard InChI is InChI=1S/C13H18FNOS/c1-4-15-13-8(2)17-7-11-10(13)5-9(16-3)6-12(11)14/h5-6,8,13,15H,4,7H2,1-3H3. The van der Waals surface area contributed by atoms with Crippen molar-refractivity contribution in [3.05, 3.63) is 29.1 Å². The molecule has 1 aromatic rings. The van der Waals surface area contributed by atoms with Crippen LogP contribution >= 0.6 is 11.8 Å². The fraction of sp³-hybridized carbons (Fsp3) is 0.538. The molecule has 4 heteroatoms. The highest BCUT2D eigenvalue weighted by Gasteiger charge is 2.28. The van der Waals surface area contributed by atoms with E-state index >= 15 is 0 Å². The number of hydrogen-bond donors (Lipinski definition) is 1. The molecule has 0 saturated heterocycles. The molecule has 2 atom stereocenters. The maximum atomic E-state index is 13.9. The van der Waals surface area contributed by atoms with E-state index in [1.165, 1.54) is 6.07 Å². The van der Waals surface area contributed by atoms with E-state index in [4.69, 9.17) is 4.74 Å². The first-order chi connectivity index (χ1) is 8.17. The van der Waals surface area contributed by atoms with Gasteiger partial charge in [0.1, 0.15) is 11.6 Å². The number of halogens is 1. The third-order valence-electron chi connectivity index (χ3n) is 3.16. The molecule has 0 spiro atoms. The molecule has 2 rings (SSSR count). The van der Waals surface area contributed by atoms with Crippen LogP contribution < -0.4 is 10.1 Å². The zero-order valence-electron chi connectivity index (χ0n) is 10.4. The van der Waals surface area contributed by atoms with E-state index in [1.807, 2.05) is 6.07 Å². The van der Waals surface area contributed by atoms with Gasteiger partial charge in [0.2, 0.25) is 0 Å². The molecule has 0 aromatic heterocycles. The van der Waals surface area contributed by atoms with Crippen molar-refractivity contribution in [3.63, 3.8) is 0 Å². The summed E-state index contributed by atoms with van der Waals surface area (Å²) in [7, 11) is 1.57. The lowest BCUT2D eigenvalue weighted by Gasteiger charge is -2.32. The molecule has 1 aromatic carbocycles. The number of ether oxygens (including phenoxy) is 1. The summed E-state index contributed by atoms with van der Waals surface area (Å²) in [4.78, 5) is 0. The van der Waals surface area contributed by atoms with Crippen molar-refractivity contribution in [2.45, 2.75) is 30.9 Å². The maximum Gasteiger partial charge on any atom is 0.131 e. The zero-order chi connectivity index (χ0) is 12.4. The fourth-order valence-corrected chi connectivity index (χ4v) is 3.41. The first-order valence-electron chi connectivity index (χ1n) is 5.88. The van der Waals surface area contributed by atoms with Gasteiger partial charge in [-0.05, 0) is 18.2 Å². The molecule has 1 aliphatic heterocycles. The molecule has 0 aliphatic carbocycles. The Bertz CT molecular complexity index is 411. The number of benzene rings is 1. The molecular weight excluding hydrogens is 237 g/mol. The molecule has 0 radical (unpaired) electrons. The summed E-state index contributed by atoms with van der Waals surface area (Å²) in [5.41, 5.74) is 1.87. The molecule has 94 valence electrons. The second-order valence-electron chi connectivity index (χ2n) is 4.23. The minimum Gasteiger partial charge on any atom is -0.497 e. The van der Waals surface area contributed by atoms with Gasteiger partial charge in [0, 0.05) is 28.7 Å². The van der Waals surface area contributed by atoms with E-state index in [1.54, 1.807) is 18.9 Å². The van der Waals surface area contributed by atoms with Crippen LogP contribution in [0.25, 0.3) is 0 Å². The predicted molar refractivity (Wildman–Crippen MR) is 70.1 cm³/mol. The number of fused-ring (bicyclic) bond motifs is 1. The van der Waals surface area contributed by atoms with Crippen molar-refractivity contribution in [1.29, 1.82) is 0 Å². The summed E-state index contributed by atoms with van der Waals surface area (Å²) < 4.78 is 19.1. The third kappa shape index (κ3) is 2.43. The number of thioether (sulfide) groups is 1. The van der Waals surface area contributed by atoms with Crippen molar-refractivity contribution in [2.24, 2.45) is 0 Å². The van der Waals surface area contributed by atoms with Gasteiger partial charge >= 0.3 is 0 Å². The largest absolute Gasteiger partial charge is 0.497 e. The Morgan fingerprint density at radius 1 is 1.53 bits per heavy atom. The smallest absolute Gasteiger partial charge is 0.131 e. The number of nitrogens with one attached hydrogen (secondary N) is 1. The average Bonchev–Trinajstić information content (AvgIpc) is 2.32. The van der Waals surface area contributed by atoms with Gasteiger partial charge in [-0.2, -0.15) is 11.8 Å². The Morgan fingerprint density at radius 2 is 2.29 bits per heavy atom. The predicted octanol–water partition coefficient (Wildman–Crippen LogP) is 3.12. The van der Waals surface area contributed by atoms with Crippen molar-refractivity contribution in [3.8, 4) is 5.75 Å². The van der Waals surface area contributed by atoms with Crippen LogP contribution in [0.2, 0.25) is 0 Å². The summed E-state index contributed by atoms with van der Waals surface area (Å²) in [6.07, 6.45) is 0. The van der Waals surface area contributed by atoms with Gasteiger partial charge in [0.05, 0.1) is 7.11 Å². The highest BCUT2D eigenvalue weighted by molar-refractivity contribution is 7.99. The summed E-state index contributed by atoms with van der Waals surface area (Å²) in [5, 5.41) is 3.88. The molecular formula is C13H18FNOS. The SMILES string of the molecule is CCNC1c2cc(OC)cc(F)c2CSC1C. The van der Waals surface area contributed by atoms with Crippen LogP contribution in [0.1, 0.15) is 31.0 Å². The normalized spacial score (nSPS) is 23.3. The van der Waals surface area contributed by atoms with Gasteiger partial charge < -0.3 is 10.1 Å². The molecule has 0 amide bonds. The quantitative estimate of drug-likeness (QED) is 0.896. The van der Waals surface area contributed by atoms with Gasteiger partial charge in [0.15, 0.2) is 0 Å². The van der Waals surface area contributed by atoms with Crippen LogP contribution in [0, 0.1) is 5.82 Å². The van der Waals surface area contributed by atoms with Gasteiger partial charge in [-0.3, -0.25) is 0 Å². The second-order valence-corrected chi connectivity index (χ2v) is 5.59. The molecule has 0 bridgehead atoms. The van der Waals surface area contributed by atoms with Gasteiger partial charge in [-0.25, -0.2) is 4.39 Å². The minimum atomic E-state index is -0.151. The first kappa shape index (κ1) is 12.7. The Balaban J connectivity index is 2.45. The van der Waals surface area contributed by atoms with Gasteiger partial charge in [0.25, 0.3) is 0 Å². The highest BCUT2D eigenvalue weighted by Crippen LogP contribution is 2.40. The van der Waals surface area contributed by atoms with E-state index in [0.717, 1.165) is 23.4 Å². The number of methoxy groups -OCH3 is 1. The molecule has 0 saturated carbocycles. The molecule has 17 heavy (non-hydrogen) atoms. The Hall–Kier alpha value is -0.740. The highest BCUT2D eigenvalue weighted by atomic mass is 32.2. The van der Waals surface area contributed by atoms with Crippen LogP contribution in [0.15, 0.2) is 12.1 Å². The van der Waals surface area contributed by atoms with Crippen LogP contribution in [-0.2, 0) is 5.75 Å². The van der Waals surface area contributed by atoms with E-state index in [0.29, 0.717) is 11.0 Å². The summed E-state index contributed by atoms with van der Waals surface area (Å²) >= 11 is 1.79. The summed E-state index contributed by atoms with van der Waals surface area (Å²) in [6, 6.07) is 3.64. The monoisotopic (exact) mass is 255 g/mol. The lowest BCUT2D eigenvalue weighted by Crippen LogP contribution is -2.32.